The van der Waals surface area contributed by atoms with Crippen molar-refractivity contribution in [1.29, 1.82) is 0 Å². The summed E-state index contributed by atoms with van der Waals surface area (Å²) in [6.07, 6.45) is 0. The molecule has 0 unspecified atom stereocenters. The summed E-state index contributed by atoms with van der Waals surface area (Å²) in [5.41, 5.74) is 1.66. The normalized spacial score (nSPS) is 11.6. The Morgan fingerprint density at radius 3 is 2.40 bits per heavy atom. The van der Waals surface area contributed by atoms with Crippen molar-refractivity contribution >= 4 is 11.7 Å². The highest BCUT2D eigenvalue weighted by molar-refractivity contribution is 5.91. The number of aromatic nitrogens is 2. The zero-order valence-corrected chi connectivity index (χ0v) is 15.9. The van der Waals surface area contributed by atoms with Crippen LogP contribution in [0.5, 0.6) is 5.75 Å². The SMILES string of the molecule is COc1ccc(-n2nc(C(C)(C)C)cc2NC(=O)CNC(C)C)cc1. The second kappa shape index (κ2) is 7.70. The van der Waals surface area contributed by atoms with Gasteiger partial charge in [-0.15, -0.1) is 0 Å². The maximum absolute atomic E-state index is 12.2. The molecule has 2 N–H and O–H groups in total. The van der Waals surface area contributed by atoms with Gasteiger partial charge in [0.25, 0.3) is 0 Å². The van der Waals surface area contributed by atoms with Gasteiger partial charge in [-0.1, -0.05) is 34.6 Å². The third-order valence-electron chi connectivity index (χ3n) is 3.73. The maximum atomic E-state index is 12.2. The standard InChI is InChI=1S/C19H28N4O2/c1-13(2)20-12-18(24)21-17-11-16(19(3,4)5)22-23(17)14-7-9-15(25-6)10-8-14/h7-11,13,20H,12H2,1-6H3,(H,21,24). The first-order chi connectivity index (χ1) is 11.7. The number of nitrogens with one attached hydrogen (secondary N) is 2. The van der Waals surface area contributed by atoms with Crippen LogP contribution in [0.15, 0.2) is 30.3 Å². The third kappa shape index (κ3) is 5.06. The molecule has 0 atom stereocenters. The molecule has 6 nitrogen and oxygen atoms in total. The summed E-state index contributed by atoms with van der Waals surface area (Å²) in [5, 5.41) is 10.8. The number of hydrogen-bond donors (Lipinski definition) is 2. The minimum absolute atomic E-state index is 0.0937. The van der Waals surface area contributed by atoms with Crippen LogP contribution >= 0.6 is 0 Å². The summed E-state index contributed by atoms with van der Waals surface area (Å²) in [5.74, 6) is 1.34. The molecular formula is C19H28N4O2. The van der Waals surface area contributed by atoms with E-state index in [-0.39, 0.29) is 23.9 Å². The van der Waals surface area contributed by atoms with Gasteiger partial charge >= 0.3 is 0 Å². The predicted molar refractivity (Wildman–Crippen MR) is 101 cm³/mol. The average molecular weight is 344 g/mol. The van der Waals surface area contributed by atoms with E-state index in [2.05, 4.69) is 31.4 Å². The Bertz CT molecular complexity index is 712. The van der Waals surface area contributed by atoms with E-state index in [1.807, 2.05) is 44.2 Å². The van der Waals surface area contributed by atoms with Crippen molar-refractivity contribution in [3.05, 3.63) is 36.0 Å². The molecule has 0 radical (unpaired) electrons. The predicted octanol–water partition coefficient (Wildman–Crippen LogP) is 3.11. The highest BCUT2D eigenvalue weighted by atomic mass is 16.5. The summed E-state index contributed by atoms with van der Waals surface area (Å²) in [6.45, 7) is 10.6. The Hall–Kier alpha value is -2.34. The van der Waals surface area contributed by atoms with Gasteiger partial charge in [-0.25, -0.2) is 4.68 Å². The summed E-state index contributed by atoms with van der Waals surface area (Å²) in [7, 11) is 1.63. The molecular weight excluding hydrogens is 316 g/mol. The fourth-order valence-corrected chi connectivity index (χ4v) is 2.24. The second-order valence-electron chi connectivity index (χ2n) is 7.36. The van der Waals surface area contributed by atoms with E-state index in [0.717, 1.165) is 17.1 Å². The van der Waals surface area contributed by atoms with Crippen LogP contribution in [0, 0.1) is 0 Å². The minimum atomic E-state index is -0.118. The first-order valence-electron chi connectivity index (χ1n) is 8.49. The van der Waals surface area contributed by atoms with Crippen LogP contribution in [0.1, 0.15) is 40.3 Å². The number of carbonyl (C=O) groups excluding carboxylic acids is 1. The molecule has 0 aliphatic rings. The van der Waals surface area contributed by atoms with Crippen LogP contribution < -0.4 is 15.4 Å². The average Bonchev–Trinajstić information content (AvgIpc) is 2.97. The highest BCUT2D eigenvalue weighted by Crippen LogP contribution is 2.27. The third-order valence-corrected chi connectivity index (χ3v) is 3.73. The van der Waals surface area contributed by atoms with Gasteiger partial charge in [0.1, 0.15) is 11.6 Å². The lowest BCUT2D eigenvalue weighted by Gasteiger charge is -2.14. The fourth-order valence-electron chi connectivity index (χ4n) is 2.24. The van der Waals surface area contributed by atoms with Gasteiger partial charge < -0.3 is 15.4 Å². The number of hydrogen-bond acceptors (Lipinski definition) is 4. The molecule has 0 saturated carbocycles. The molecule has 0 bridgehead atoms. The number of ether oxygens (including phenoxy) is 1. The molecule has 136 valence electrons. The van der Waals surface area contributed by atoms with Crippen molar-refractivity contribution in [3.63, 3.8) is 0 Å². The lowest BCUT2D eigenvalue weighted by molar-refractivity contribution is -0.115. The molecule has 1 heterocycles. The topological polar surface area (TPSA) is 68.2 Å². The Labute approximate surface area is 149 Å². The summed E-state index contributed by atoms with van der Waals surface area (Å²) in [6, 6.07) is 9.76. The van der Waals surface area contributed by atoms with Gasteiger partial charge in [-0.2, -0.15) is 5.10 Å². The van der Waals surface area contributed by atoms with Crippen molar-refractivity contribution in [3.8, 4) is 11.4 Å². The van der Waals surface area contributed by atoms with Gasteiger partial charge in [0.15, 0.2) is 0 Å². The van der Waals surface area contributed by atoms with Crippen LogP contribution in [0.4, 0.5) is 5.82 Å². The number of methoxy groups -OCH3 is 1. The zero-order valence-electron chi connectivity index (χ0n) is 15.9. The van der Waals surface area contributed by atoms with Gasteiger partial charge in [-0.05, 0) is 24.3 Å². The summed E-state index contributed by atoms with van der Waals surface area (Å²) >= 11 is 0. The Kier molecular flexibility index (Phi) is 5.85. The zero-order chi connectivity index (χ0) is 18.6. The van der Waals surface area contributed by atoms with E-state index in [4.69, 9.17) is 9.84 Å². The molecule has 2 rings (SSSR count). The van der Waals surface area contributed by atoms with Crippen LogP contribution in [0.2, 0.25) is 0 Å². The molecule has 25 heavy (non-hydrogen) atoms. The number of anilines is 1. The van der Waals surface area contributed by atoms with Crippen molar-refractivity contribution in [1.82, 2.24) is 15.1 Å². The van der Waals surface area contributed by atoms with Gasteiger partial charge in [0.05, 0.1) is 25.0 Å². The van der Waals surface area contributed by atoms with E-state index >= 15 is 0 Å². The first-order valence-corrected chi connectivity index (χ1v) is 8.49. The smallest absolute Gasteiger partial charge is 0.239 e. The Balaban J connectivity index is 2.32. The molecule has 1 amide bonds. The van der Waals surface area contributed by atoms with E-state index in [0.29, 0.717) is 5.82 Å². The quantitative estimate of drug-likeness (QED) is 0.845. The highest BCUT2D eigenvalue weighted by Gasteiger charge is 2.21. The molecule has 0 saturated heterocycles. The largest absolute Gasteiger partial charge is 0.497 e. The fraction of sp³-hybridized carbons (Fsp3) is 0.474. The lowest BCUT2D eigenvalue weighted by atomic mass is 9.92. The van der Waals surface area contributed by atoms with E-state index in [1.54, 1.807) is 11.8 Å². The van der Waals surface area contributed by atoms with E-state index < -0.39 is 0 Å². The number of benzene rings is 1. The lowest BCUT2D eigenvalue weighted by Crippen LogP contribution is -2.33. The van der Waals surface area contributed by atoms with Crippen LogP contribution in [0.3, 0.4) is 0 Å². The van der Waals surface area contributed by atoms with Crippen molar-refractivity contribution < 1.29 is 9.53 Å². The summed E-state index contributed by atoms with van der Waals surface area (Å²) in [4.78, 5) is 12.2. The van der Waals surface area contributed by atoms with Crippen LogP contribution in [-0.2, 0) is 10.2 Å². The van der Waals surface area contributed by atoms with E-state index in [1.165, 1.54) is 0 Å². The second-order valence-corrected chi connectivity index (χ2v) is 7.36. The van der Waals surface area contributed by atoms with Gasteiger partial charge in [-0.3, -0.25) is 4.79 Å². The molecule has 6 heteroatoms. The van der Waals surface area contributed by atoms with E-state index in [9.17, 15) is 4.79 Å². The molecule has 0 aliphatic carbocycles. The van der Waals surface area contributed by atoms with Crippen LogP contribution in [-0.4, -0.2) is 35.4 Å². The number of amides is 1. The van der Waals surface area contributed by atoms with Crippen molar-refractivity contribution in [2.45, 2.75) is 46.1 Å². The van der Waals surface area contributed by atoms with Crippen LogP contribution in [0.25, 0.3) is 5.69 Å². The number of nitrogens with zero attached hydrogens (tertiary/aromatic N) is 2. The van der Waals surface area contributed by atoms with Gasteiger partial charge in [0, 0.05) is 17.5 Å². The Morgan fingerprint density at radius 2 is 1.88 bits per heavy atom. The molecule has 0 fully saturated rings. The monoisotopic (exact) mass is 344 g/mol. The first kappa shape index (κ1) is 19.0. The van der Waals surface area contributed by atoms with Gasteiger partial charge in [0.2, 0.25) is 5.91 Å². The molecule has 1 aromatic heterocycles. The molecule has 2 aromatic rings. The van der Waals surface area contributed by atoms with Crippen molar-refractivity contribution in [2.75, 3.05) is 19.0 Å². The molecule has 0 aliphatic heterocycles. The maximum Gasteiger partial charge on any atom is 0.239 e. The van der Waals surface area contributed by atoms with Crippen molar-refractivity contribution in [2.24, 2.45) is 0 Å². The number of rotatable bonds is 6. The minimum Gasteiger partial charge on any atom is -0.497 e. The molecule has 1 aromatic carbocycles. The summed E-state index contributed by atoms with van der Waals surface area (Å²) < 4.78 is 6.96. The molecule has 0 spiro atoms. The number of carbonyl (C=O) groups is 1. The Morgan fingerprint density at radius 1 is 1.24 bits per heavy atom.